The molecule has 8 heteroatoms. The lowest BCUT2D eigenvalue weighted by Crippen LogP contribution is -2.24. The number of pyridine rings is 1. The Labute approximate surface area is 181 Å². The summed E-state index contributed by atoms with van der Waals surface area (Å²) >= 11 is 3.44. The Morgan fingerprint density at radius 3 is 2.67 bits per heavy atom. The van der Waals surface area contributed by atoms with Gasteiger partial charge in [-0.1, -0.05) is 39.3 Å². The first-order valence-corrected chi connectivity index (χ1v) is 9.98. The van der Waals surface area contributed by atoms with E-state index in [2.05, 4.69) is 36.5 Å². The summed E-state index contributed by atoms with van der Waals surface area (Å²) in [4.78, 5) is 17.1. The number of nitrogens with one attached hydrogen (secondary N) is 1. The summed E-state index contributed by atoms with van der Waals surface area (Å²) in [6.45, 7) is 0.375. The highest BCUT2D eigenvalue weighted by Crippen LogP contribution is 2.26. The Hall–Kier alpha value is -3.52. The van der Waals surface area contributed by atoms with Crippen LogP contribution in [0.15, 0.2) is 77.5 Å². The fourth-order valence-corrected chi connectivity index (χ4v) is 3.49. The molecule has 0 saturated heterocycles. The van der Waals surface area contributed by atoms with Gasteiger partial charge in [0.05, 0.1) is 12.8 Å². The molecule has 0 saturated carbocycles. The zero-order chi connectivity index (χ0) is 20.9. The van der Waals surface area contributed by atoms with Crippen molar-refractivity contribution < 1.29 is 9.53 Å². The molecule has 0 unspecified atom stereocenters. The Balaban J connectivity index is 1.71. The van der Waals surface area contributed by atoms with E-state index in [0.29, 0.717) is 18.0 Å². The van der Waals surface area contributed by atoms with Crippen molar-refractivity contribution in [2.75, 3.05) is 7.11 Å². The van der Waals surface area contributed by atoms with E-state index >= 15 is 0 Å². The van der Waals surface area contributed by atoms with Gasteiger partial charge in [-0.3, -0.25) is 9.78 Å². The molecule has 150 valence electrons. The van der Waals surface area contributed by atoms with Crippen LogP contribution in [0, 0.1) is 0 Å². The Kier molecular flexibility index (Phi) is 5.85. The van der Waals surface area contributed by atoms with Gasteiger partial charge in [0.15, 0.2) is 5.69 Å². The van der Waals surface area contributed by atoms with Crippen molar-refractivity contribution in [1.82, 2.24) is 25.3 Å². The van der Waals surface area contributed by atoms with Crippen LogP contribution in [-0.2, 0) is 6.54 Å². The first-order valence-electron chi connectivity index (χ1n) is 9.19. The highest BCUT2D eigenvalue weighted by atomic mass is 79.9. The van der Waals surface area contributed by atoms with Crippen LogP contribution in [0.3, 0.4) is 0 Å². The SMILES string of the molecule is COc1cccc(-n2nnc(C(=O)NCc3cccc(Br)c3)c2-c2ccncc2)c1. The van der Waals surface area contributed by atoms with Crippen LogP contribution in [0.5, 0.6) is 5.75 Å². The quantitative estimate of drug-likeness (QED) is 0.466. The summed E-state index contributed by atoms with van der Waals surface area (Å²) in [7, 11) is 1.60. The minimum Gasteiger partial charge on any atom is -0.497 e. The predicted molar refractivity (Wildman–Crippen MR) is 116 cm³/mol. The molecule has 0 spiro atoms. The van der Waals surface area contributed by atoms with Crippen LogP contribution in [0.2, 0.25) is 0 Å². The van der Waals surface area contributed by atoms with Gasteiger partial charge in [0.25, 0.3) is 5.91 Å². The van der Waals surface area contributed by atoms with Gasteiger partial charge in [0, 0.05) is 35.0 Å². The number of amides is 1. The molecule has 7 nitrogen and oxygen atoms in total. The molecule has 2 aromatic carbocycles. The summed E-state index contributed by atoms with van der Waals surface area (Å²) in [6, 6.07) is 18.8. The molecule has 1 N–H and O–H groups in total. The van der Waals surface area contributed by atoms with Gasteiger partial charge in [-0.05, 0) is 42.0 Å². The Bertz CT molecular complexity index is 1180. The molecule has 0 aliphatic rings. The first-order chi connectivity index (χ1) is 14.7. The summed E-state index contributed by atoms with van der Waals surface area (Å²) in [5.41, 5.74) is 3.31. The normalized spacial score (nSPS) is 10.6. The van der Waals surface area contributed by atoms with Crippen LogP contribution in [0.25, 0.3) is 16.9 Å². The van der Waals surface area contributed by atoms with Crippen molar-refractivity contribution in [2.45, 2.75) is 6.54 Å². The van der Waals surface area contributed by atoms with Crippen molar-refractivity contribution in [3.05, 3.63) is 88.8 Å². The van der Waals surface area contributed by atoms with Crippen molar-refractivity contribution in [3.8, 4) is 22.7 Å². The average Bonchev–Trinajstić information content (AvgIpc) is 3.23. The monoisotopic (exact) mass is 463 g/mol. The van der Waals surface area contributed by atoms with E-state index in [-0.39, 0.29) is 11.6 Å². The summed E-state index contributed by atoms with van der Waals surface area (Å²) in [5.74, 6) is 0.375. The lowest BCUT2D eigenvalue weighted by atomic mass is 10.1. The van der Waals surface area contributed by atoms with Crippen LogP contribution in [0.4, 0.5) is 0 Å². The van der Waals surface area contributed by atoms with Gasteiger partial charge in [-0.25, -0.2) is 4.68 Å². The van der Waals surface area contributed by atoms with Crippen LogP contribution < -0.4 is 10.1 Å². The van der Waals surface area contributed by atoms with Gasteiger partial charge < -0.3 is 10.1 Å². The van der Waals surface area contributed by atoms with Crippen LogP contribution >= 0.6 is 15.9 Å². The number of ether oxygens (including phenoxy) is 1. The number of halogens is 1. The second-order valence-electron chi connectivity index (χ2n) is 6.45. The van der Waals surface area contributed by atoms with Crippen molar-refractivity contribution in [1.29, 1.82) is 0 Å². The zero-order valence-corrected chi connectivity index (χ0v) is 17.7. The molecule has 1 amide bonds. The highest BCUT2D eigenvalue weighted by Gasteiger charge is 2.22. The zero-order valence-electron chi connectivity index (χ0n) is 16.1. The highest BCUT2D eigenvalue weighted by molar-refractivity contribution is 9.10. The minimum absolute atomic E-state index is 0.235. The smallest absolute Gasteiger partial charge is 0.274 e. The largest absolute Gasteiger partial charge is 0.497 e. The fourth-order valence-electron chi connectivity index (χ4n) is 3.04. The van der Waals surface area contributed by atoms with Gasteiger partial charge in [0.1, 0.15) is 11.4 Å². The van der Waals surface area contributed by atoms with Crippen molar-refractivity contribution in [2.24, 2.45) is 0 Å². The molecular formula is C22H18BrN5O2. The van der Waals surface area contributed by atoms with E-state index in [0.717, 1.165) is 21.3 Å². The van der Waals surface area contributed by atoms with Gasteiger partial charge in [0.2, 0.25) is 0 Å². The van der Waals surface area contributed by atoms with Gasteiger partial charge in [-0.2, -0.15) is 0 Å². The number of carbonyl (C=O) groups excluding carboxylic acids is 1. The van der Waals surface area contributed by atoms with E-state index in [1.165, 1.54) is 0 Å². The third kappa shape index (κ3) is 4.23. The van der Waals surface area contributed by atoms with Gasteiger partial charge >= 0.3 is 0 Å². The maximum Gasteiger partial charge on any atom is 0.274 e. The number of carbonyl (C=O) groups is 1. The summed E-state index contributed by atoms with van der Waals surface area (Å²) in [6.07, 6.45) is 3.34. The molecule has 4 aromatic rings. The topological polar surface area (TPSA) is 81.9 Å². The standard InChI is InChI=1S/C22H18BrN5O2/c1-30-19-7-3-6-18(13-19)28-21(16-8-10-24-11-9-16)20(26-27-28)22(29)25-14-15-4-2-5-17(23)12-15/h2-13H,14H2,1H3,(H,25,29). The third-order valence-corrected chi connectivity index (χ3v) is 4.97. The summed E-state index contributed by atoms with van der Waals surface area (Å²) < 4.78 is 7.90. The predicted octanol–water partition coefficient (Wildman–Crippen LogP) is 4.03. The number of hydrogen-bond donors (Lipinski definition) is 1. The number of hydrogen-bond acceptors (Lipinski definition) is 5. The molecule has 0 fully saturated rings. The molecule has 2 aromatic heterocycles. The van der Waals surface area contributed by atoms with Crippen LogP contribution in [0.1, 0.15) is 16.1 Å². The van der Waals surface area contributed by atoms with E-state index in [1.54, 1.807) is 24.2 Å². The second kappa shape index (κ2) is 8.87. The van der Waals surface area contributed by atoms with E-state index in [1.807, 2.05) is 60.7 Å². The van der Waals surface area contributed by atoms with E-state index in [9.17, 15) is 4.79 Å². The molecule has 0 atom stereocenters. The number of methoxy groups -OCH3 is 1. The van der Waals surface area contributed by atoms with E-state index in [4.69, 9.17) is 4.74 Å². The fraction of sp³-hybridized carbons (Fsp3) is 0.0909. The molecule has 0 radical (unpaired) electrons. The second-order valence-corrected chi connectivity index (χ2v) is 7.36. The molecule has 0 bridgehead atoms. The Morgan fingerprint density at radius 1 is 1.10 bits per heavy atom. The molecule has 30 heavy (non-hydrogen) atoms. The molecule has 4 rings (SSSR count). The Morgan fingerprint density at radius 2 is 1.90 bits per heavy atom. The molecule has 0 aliphatic heterocycles. The molecule has 0 aliphatic carbocycles. The number of rotatable bonds is 6. The lowest BCUT2D eigenvalue weighted by molar-refractivity contribution is 0.0946. The molecular weight excluding hydrogens is 446 g/mol. The number of benzene rings is 2. The molecule has 2 heterocycles. The van der Waals surface area contributed by atoms with Crippen molar-refractivity contribution in [3.63, 3.8) is 0 Å². The first kappa shape index (κ1) is 19.8. The number of nitrogens with zero attached hydrogens (tertiary/aromatic N) is 4. The summed E-state index contributed by atoms with van der Waals surface area (Å²) in [5, 5.41) is 11.4. The van der Waals surface area contributed by atoms with Gasteiger partial charge in [-0.15, -0.1) is 5.10 Å². The maximum absolute atomic E-state index is 13.0. The van der Waals surface area contributed by atoms with Crippen molar-refractivity contribution >= 4 is 21.8 Å². The van der Waals surface area contributed by atoms with Crippen LogP contribution in [-0.4, -0.2) is 33.0 Å². The maximum atomic E-state index is 13.0. The minimum atomic E-state index is -0.309. The van der Waals surface area contributed by atoms with E-state index < -0.39 is 0 Å². The lowest BCUT2D eigenvalue weighted by Gasteiger charge is -2.10. The average molecular weight is 464 g/mol. The third-order valence-electron chi connectivity index (χ3n) is 4.48. The number of aromatic nitrogens is 4.